The van der Waals surface area contributed by atoms with Crippen LogP contribution < -0.4 is 5.32 Å². The Hall–Kier alpha value is -1.86. The van der Waals surface area contributed by atoms with Crippen molar-refractivity contribution in [3.05, 3.63) is 29.3 Å². The van der Waals surface area contributed by atoms with E-state index in [0.717, 1.165) is 0 Å². The van der Waals surface area contributed by atoms with Crippen LogP contribution in [0.15, 0.2) is 18.6 Å². The molecule has 0 aliphatic carbocycles. The van der Waals surface area contributed by atoms with Crippen LogP contribution in [0, 0.1) is 0 Å². The molecule has 0 atom stereocenters. The van der Waals surface area contributed by atoms with Crippen LogP contribution in [0.25, 0.3) is 0 Å². The van der Waals surface area contributed by atoms with E-state index in [9.17, 15) is 4.79 Å². The Morgan fingerprint density at radius 1 is 1.53 bits per heavy atom. The second-order valence-electron chi connectivity index (χ2n) is 3.84. The topological polar surface area (TPSA) is 74.0 Å². The van der Waals surface area contributed by atoms with Gasteiger partial charge in [-0.15, -0.1) is 0 Å². The number of hydrogen-bond acceptors (Lipinski definition) is 4. The molecule has 1 N–H and O–H groups in total. The summed E-state index contributed by atoms with van der Waals surface area (Å²) in [5, 5.41) is 11.0. The number of carbonyl (C=O) groups excluding carboxylic acids is 1. The van der Waals surface area contributed by atoms with Crippen molar-refractivity contribution in [1.82, 2.24) is 19.6 Å². The zero-order valence-electron chi connectivity index (χ0n) is 10.6. The van der Waals surface area contributed by atoms with Crippen LogP contribution in [0.3, 0.4) is 0 Å². The van der Waals surface area contributed by atoms with E-state index in [1.807, 2.05) is 6.92 Å². The molecule has 0 aliphatic heterocycles. The van der Waals surface area contributed by atoms with E-state index < -0.39 is 0 Å². The second-order valence-corrected chi connectivity index (χ2v) is 4.25. The van der Waals surface area contributed by atoms with E-state index in [1.165, 1.54) is 10.9 Å². The first kappa shape index (κ1) is 13.6. The Morgan fingerprint density at radius 2 is 2.32 bits per heavy atom. The number of anilines is 1. The fraction of sp³-hybridized carbons (Fsp3) is 0.364. The molecule has 2 aromatic rings. The monoisotopic (exact) mass is 283 g/mol. The van der Waals surface area contributed by atoms with Gasteiger partial charge in [0.05, 0.1) is 23.1 Å². The molecule has 0 unspecified atom stereocenters. The minimum Gasteiger partial charge on any atom is -0.360 e. The van der Waals surface area contributed by atoms with Gasteiger partial charge in [-0.1, -0.05) is 11.6 Å². The third kappa shape index (κ3) is 3.33. The first-order valence-corrected chi connectivity index (χ1v) is 6.08. The number of aryl methyl sites for hydroxylation is 1. The minimum absolute atomic E-state index is 0.182. The Labute approximate surface area is 115 Å². The van der Waals surface area contributed by atoms with E-state index in [1.54, 1.807) is 24.1 Å². The molecule has 7 nitrogen and oxygen atoms in total. The molecule has 8 heteroatoms. The summed E-state index contributed by atoms with van der Waals surface area (Å²) in [6.07, 6.45) is 4.77. The lowest BCUT2D eigenvalue weighted by Crippen LogP contribution is -2.13. The van der Waals surface area contributed by atoms with Crippen LogP contribution in [-0.4, -0.2) is 32.1 Å². The third-order valence-corrected chi connectivity index (χ3v) is 2.59. The zero-order valence-corrected chi connectivity index (χ0v) is 11.4. The molecule has 0 aliphatic rings. The summed E-state index contributed by atoms with van der Waals surface area (Å²) in [6.45, 7) is 2.84. The summed E-state index contributed by atoms with van der Waals surface area (Å²) in [7, 11) is 1.70. The predicted octanol–water partition coefficient (Wildman–Crippen LogP) is 1.52. The molecule has 0 spiro atoms. The average molecular weight is 284 g/mol. The summed E-state index contributed by atoms with van der Waals surface area (Å²) in [4.78, 5) is 11.9. The van der Waals surface area contributed by atoms with Gasteiger partial charge in [-0.2, -0.15) is 10.2 Å². The van der Waals surface area contributed by atoms with Crippen molar-refractivity contribution in [3.63, 3.8) is 0 Å². The van der Waals surface area contributed by atoms with Crippen molar-refractivity contribution in [2.24, 2.45) is 7.05 Å². The van der Waals surface area contributed by atoms with Gasteiger partial charge in [0.25, 0.3) is 5.91 Å². The van der Waals surface area contributed by atoms with Crippen LogP contribution in [0.2, 0.25) is 5.02 Å². The molecule has 0 bridgehead atoms. The van der Waals surface area contributed by atoms with Crippen LogP contribution in [-0.2, 0) is 18.5 Å². The molecule has 1 amide bonds. The molecule has 2 heterocycles. The van der Waals surface area contributed by atoms with Gasteiger partial charge in [0.2, 0.25) is 0 Å². The highest BCUT2D eigenvalue weighted by molar-refractivity contribution is 6.34. The number of nitrogens with one attached hydrogen (secondary N) is 1. The standard InChI is InChI=1S/C11H14ClN5O2/c1-3-19-7-17-5-8(4-13-17)14-11(18)10-9(12)6-16(2)15-10/h4-6H,3,7H2,1-2H3,(H,14,18). The van der Waals surface area contributed by atoms with Gasteiger partial charge >= 0.3 is 0 Å². The normalized spacial score (nSPS) is 10.7. The van der Waals surface area contributed by atoms with Crippen LogP contribution in [0.1, 0.15) is 17.4 Å². The number of carbonyl (C=O) groups is 1. The molecular weight excluding hydrogens is 270 g/mol. The Kier molecular flexibility index (Phi) is 4.18. The molecule has 102 valence electrons. The van der Waals surface area contributed by atoms with Crippen molar-refractivity contribution in [1.29, 1.82) is 0 Å². The molecule has 2 aromatic heterocycles. The quantitative estimate of drug-likeness (QED) is 0.903. The van der Waals surface area contributed by atoms with Crippen LogP contribution in [0.4, 0.5) is 5.69 Å². The van der Waals surface area contributed by atoms with Crippen molar-refractivity contribution in [2.45, 2.75) is 13.7 Å². The van der Waals surface area contributed by atoms with Gasteiger partial charge in [0.1, 0.15) is 6.73 Å². The maximum Gasteiger partial charge on any atom is 0.277 e. The lowest BCUT2D eigenvalue weighted by molar-refractivity contribution is 0.0792. The average Bonchev–Trinajstić information content (AvgIpc) is 2.93. The molecule has 19 heavy (non-hydrogen) atoms. The van der Waals surface area contributed by atoms with Crippen LogP contribution in [0.5, 0.6) is 0 Å². The van der Waals surface area contributed by atoms with E-state index >= 15 is 0 Å². The maximum absolute atomic E-state index is 11.9. The number of ether oxygens (including phenoxy) is 1. The number of halogens is 1. The van der Waals surface area contributed by atoms with E-state index in [4.69, 9.17) is 16.3 Å². The third-order valence-electron chi connectivity index (χ3n) is 2.32. The van der Waals surface area contributed by atoms with Gasteiger partial charge in [-0.3, -0.25) is 9.48 Å². The SMILES string of the molecule is CCOCn1cc(NC(=O)c2nn(C)cc2Cl)cn1. The van der Waals surface area contributed by atoms with E-state index in [0.29, 0.717) is 24.0 Å². The minimum atomic E-state index is -0.374. The fourth-order valence-corrected chi connectivity index (χ4v) is 1.75. The predicted molar refractivity (Wildman–Crippen MR) is 70.0 cm³/mol. The number of hydrogen-bond donors (Lipinski definition) is 1. The summed E-state index contributed by atoms with van der Waals surface area (Å²) in [6, 6.07) is 0. The highest BCUT2D eigenvalue weighted by atomic mass is 35.5. The lowest BCUT2D eigenvalue weighted by Gasteiger charge is -2.00. The van der Waals surface area contributed by atoms with Crippen molar-refractivity contribution in [2.75, 3.05) is 11.9 Å². The molecular formula is C11H14ClN5O2. The summed E-state index contributed by atoms with van der Waals surface area (Å²) >= 11 is 5.89. The smallest absolute Gasteiger partial charge is 0.277 e. The summed E-state index contributed by atoms with van der Waals surface area (Å²) < 4.78 is 8.26. The van der Waals surface area contributed by atoms with Gasteiger partial charge in [0.15, 0.2) is 5.69 Å². The highest BCUT2D eigenvalue weighted by Crippen LogP contribution is 2.15. The first-order valence-electron chi connectivity index (χ1n) is 5.71. The zero-order chi connectivity index (χ0) is 13.8. The number of aromatic nitrogens is 4. The second kappa shape index (κ2) is 5.85. The van der Waals surface area contributed by atoms with Crippen molar-refractivity contribution in [3.8, 4) is 0 Å². The summed E-state index contributed by atoms with van der Waals surface area (Å²) in [5.74, 6) is -0.374. The molecule has 0 aromatic carbocycles. The number of rotatable bonds is 5. The van der Waals surface area contributed by atoms with Gasteiger partial charge < -0.3 is 10.1 Å². The highest BCUT2D eigenvalue weighted by Gasteiger charge is 2.15. The Bertz CT molecular complexity index is 577. The molecule has 0 saturated carbocycles. The molecule has 0 fully saturated rings. The number of nitrogens with zero attached hydrogens (tertiary/aromatic N) is 4. The van der Waals surface area contributed by atoms with Gasteiger partial charge in [-0.25, -0.2) is 4.68 Å². The first-order chi connectivity index (χ1) is 9.10. The molecule has 0 saturated heterocycles. The fourth-order valence-electron chi connectivity index (χ4n) is 1.49. The Balaban J connectivity index is 2.02. The van der Waals surface area contributed by atoms with Crippen molar-refractivity contribution >= 4 is 23.2 Å². The van der Waals surface area contributed by atoms with Crippen LogP contribution >= 0.6 is 11.6 Å². The molecule has 2 rings (SSSR count). The van der Waals surface area contributed by atoms with E-state index in [2.05, 4.69) is 15.5 Å². The lowest BCUT2D eigenvalue weighted by atomic mass is 10.4. The maximum atomic E-state index is 11.9. The molecule has 0 radical (unpaired) electrons. The van der Waals surface area contributed by atoms with Gasteiger partial charge in [0, 0.05) is 19.9 Å². The number of amides is 1. The van der Waals surface area contributed by atoms with E-state index in [-0.39, 0.29) is 11.6 Å². The van der Waals surface area contributed by atoms with Gasteiger partial charge in [-0.05, 0) is 6.92 Å². The summed E-state index contributed by atoms with van der Waals surface area (Å²) in [5.41, 5.74) is 0.744. The largest absolute Gasteiger partial charge is 0.360 e. The Morgan fingerprint density at radius 3 is 2.95 bits per heavy atom. The van der Waals surface area contributed by atoms with Crippen molar-refractivity contribution < 1.29 is 9.53 Å².